The largest absolute Gasteiger partial charge is 0.497 e. The Bertz CT molecular complexity index is 588. The molecule has 1 aromatic rings. The number of rotatable bonds is 5. The van der Waals surface area contributed by atoms with Gasteiger partial charge in [0.15, 0.2) is 0 Å². The first-order valence-corrected chi connectivity index (χ1v) is 8.30. The van der Waals surface area contributed by atoms with Crippen molar-refractivity contribution in [1.82, 2.24) is 4.72 Å². The molecule has 0 radical (unpaired) electrons. The van der Waals surface area contributed by atoms with Crippen molar-refractivity contribution >= 4 is 16.0 Å². The third-order valence-corrected chi connectivity index (χ3v) is 5.30. The predicted octanol–water partition coefficient (Wildman–Crippen LogP) is 1.62. The van der Waals surface area contributed by atoms with E-state index in [0.29, 0.717) is 31.4 Å². The van der Waals surface area contributed by atoms with E-state index in [9.17, 15) is 13.2 Å². The molecule has 116 valence electrons. The number of carboxylic acid groups (broad SMARTS) is 1. The first kappa shape index (κ1) is 15.8. The van der Waals surface area contributed by atoms with E-state index >= 15 is 0 Å². The summed E-state index contributed by atoms with van der Waals surface area (Å²) in [6, 6.07) is 5.97. The molecular weight excluding hydrogens is 294 g/mol. The van der Waals surface area contributed by atoms with E-state index < -0.39 is 16.0 Å². The molecule has 0 aliphatic heterocycles. The lowest BCUT2D eigenvalue weighted by atomic mass is 9.87. The van der Waals surface area contributed by atoms with Gasteiger partial charge in [-0.2, -0.15) is 0 Å². The van der Waals surface area contributed by atoms with E-state index in [2.05, 4.69) is 4.72 Å². The highest BCUT2D eigenvalue weighted by atomic mass is 32.2. The van der Waals surface area contributed by atoms with Gasteiger partial charge in [-0.3, -0.25) is 4.79 Å². The van der Waals surface area contributed by atoms with Crippen molar-refractivity contribution in [3.05, 3.63) is 24.3 Å². The van der Waals surface area contributed by atoms with Crippen molar-refractivity contribution in [3.63, 3.8) is 0 Å². The first-order valence-electron chi connectivity index (χ1n) is 6.81. The Labute approximate surface area is 124 Å². The minimum atomic E-state index is -3.58. The van der Waals surface area contributed by atoms with Gasteiger partial charge in [0.1, 0.15) is 5.75 Å². The summed E-state index contributed by atoms with van der Waals surface area (Å²) in [4.78, 5) is 11.1. The zero-order valence-corrected chi connectivity index (χ0v) is 12.6. The van der Waals surface area contributed by atoms with E-state index in [-0.39, 0.29) is 16.9 Å². The van der Waals surface area contributed by atoms with Crippen LogP contribution in [-0.4, -0.2) is 32.6 Å². The molecule has 7 heteroatoms. The maximum atomic E-state index is 12.2. The Morgan fingerprint density at radius 3 is 2.24 bits per heavy atom. The van der Waals surface area contributed by atoms with E-state index in [4.69, 9.17) is 9.84 Å². The number of ether oxygens (including phenoxy) is 1. The summed E-state index contributed by atoms with van der Waals surface area (Å²) < 4.78 is 32.1. The van der Waals surface area contributed by atoms with E-state index in [1.807, 2.05) is 0 Å². The average molecular weight is 313 g/mol. The number of aliphatic carboxylic acids is 1. The maximum Gasteiger partial charge on any atom is 0.306 e. The quantitative estimate of drug-likeness (QED) is 0.861. The normalized spacial score (nSPS) is 22.7. The van der Waals surface area contributed by atoms with Crippen molar-refractivity contribution < 1.29 is 23.1 Å². The molecule has 0 unspecified atom stereocenters. The van der Waals surface area contributed by atoms with Gasteiger partial charge in [-0.15, -0.1) is 0 Å². The van der Waals surface area contributed by atoms with Crippen LogP contribution in [0.25, 0.3) is 0 Å². The molecule has 2 N–H and O–H groups in total. The minimum absolute atomic E-state index is 0.184. The lowest BCUT2D eigenvalue weighted by Crippen LogP contribution is -2.38. The van der Waals surface area contributed by atoms with Crippen molar-refractivity contribution in [2.75, 3.05) is 7.11 Å². The molecule has 0 saturated heterocycles. The molecule has 0 heterocycles. The lowest BCUT2D eigenvalue weighted by Gasteiger charge is -2.26. The predicted molar refractivity (Wildman–Crippen MR) is 76.7 cm³/mol. The van der Waals surface area contributed by atoms with Crippen LogP contribution in [0.3, 0.4) is 0 Å². The van der Waals surface area contributed by atoms with Crippen LogP contribution in [0, 0.1) is 5.92 Å². The number of benzene rings is 1. The Morgan fingerprint density at radius 1 is 1.19 bits per heavy atom. The van der Waals surface area contributed by atoms with Gasteiger partial charge in [0.25, 0.3) is 0 Å². The van der Waals surface area contributed by atoms with Crippen LogP contribution in [0.2, 0.25) is 0 Å². The fourth-order valence-corrected chi connectivity index (χ4v) is 3.81. The number of carboxylic acids is 1. The van der Waals surface area contributed by atoms with Crippen LogP contribution in [0.1, 0.15) is 25.7 Å². The fraction of sp³-hybridized carbons (Fsp3) is 0.500. The lowest BCUT2D eigenvalue weighted by molar-refractivity contribution is -0.142. The SMILES string of the molecule is COc1ccc(S(=O)(=O)NC2CCC(C(=O)O)CC2)cc1. The molecular formula is C14H19NO5S. The number of methoxy groups -OCH3 is 1. The standard InChI is InChI=1S/C14H19NO5S/c1-20-12-6-8-13(9-7-12)21(18,19)15-11-4-2-10(3-5-11)14(16)17/h6-11,15H,2-5H2,1H3,(H,16,17). The summed E-state index contributed by atoms with van der Waals surface area (Å²) in [5.74, 6) is -0.561. The molecule has 1 aromatic carbocycles. The Balaban J connectivity index is 1.99. The molecule has 0 bridgehead atoms. The summed E-state index contributed by atoms with van der Waals surface area (Å²) in [5, 5.41) is 8.93. The summed E-state index contributed by atoms with van der Waals surface area (Å²) in [6.45, 7) is 0. The van der Waals surface area contributed by atoms with Gasteiger partial charge < -0.3 is 9.84 Å². The average Bonchev–Trinajstić information content (AvgIpc) is 2.47. The first-order chi connectivity index (χ1) is 9.92. The number of nitrogens with one attached hydrogen (secondary N) is 1. The maximum absolute atomic E-state index is 12.2. The van der Waals surface area contributed by atoms with Gasteiger partial charge in [0, 0.05) is 6.04 Å². The summed E-state index contributed by atoms with van der Waals surface area (Å²) in [7, 11) is -2.06. The van der Waals surface area contributed by atoms with Gasteiger partial charge in [-0.1, -0.05) is 0 Å². The summed E-state index contributed by atoms with van der Waals surface area (Å²) in [5.41, 5.74) is 0. The van der Waals surface area contributed by atoms with Crippen LogP contribution in [0.4, 0.5) is 0 Å². The van der Waals surface area contributed by atoms with Crippen molar-refractivity contribution in [3.8, 4) is 5.75 Å². The second kappa shape index (κ2) is 6.44. The Hall–Kier alpha value is -1.60. The van der Waals surface area contributed by atoms with E-state index in [1.54, 1.807) is 12.1 Å². The number of carbonyl (C=O) groups is 1. The number of hydrogen-bond acceptors (Lipinski definition) is 4. The van der Waals surface area contributed by atoms with Gasteiger partial charge in [0.05, 0.1) is 17.9 Å². The minimum Gasteiger partial charge on any atom is -0.497 e. The summed E-state index contributed by atoms with van der Waals surface area (Å²) in [6.07, 6.45) is 2.11. The van der Waals surface area contributed by atoms with Gasteiger partial charge >= 0.3 is 5.97 Å². The number of sulfonamides is 1. The van der Waals surface area contributed by atoms with Gasteiger partial charge in [0.2, 0.25) is 10.0 Å². The Morgan fingerprint density at radius 2 is 1.76 bits per heavy atom. The van der Waals surface area contributed by atoms with Crippen LogP contribution in [0.15, 0.2) is 29.2 Å². The smallest absolute Gasteiger partial charge is 0.306 e. The zero-order chi connectivity index (χ0) is 15.5. The summed E-state index contributed by atoms with van der Waals surface area (Å²) >= 11 is 0. The monoisotopic (exact) mass is 313 g/mol. The van der Waals surface area contributed by atoms with Gasteiger partial charge in [-0.25, -0.2) is 13.1 Å². The fourth-order valence-electron chi connectivity index (χ4n) is 2.50. The van der Waals surface area contributed by atoms with Crippen LogP contribution in [0.5, 0.6) is 5.75 Å². The van der Waals surface area contributed by atoms with Crippen molar-refractivity contribution in [2.45, 2.75) is 36.6 Å². The molecule has 2 rings (SSSR count). The molecule has 0 amide bonds. The van der Waals surface area contributed by atoms with E-state index in [0.717, 1.165) is 0 Å². The second-order valence-corrected chi connectivity index (χ2v) is 6.90. The van der Waals surface area contributed by atoms with Crippen molar-refractivity contribution in [2.24, 2.45) is 5.92 Å². The van der Waals surface area contributed by atoms with Crippen LogP contribution in [-0.2, 0) is 14.8 Å². The molecule has 0 atom stereocenters. The molecule has 1 saturated carbocycles. The molecule has 1 aliphatic rings. The van der Waals surface area contributed by atoms with Crippen LogP contribution < -0.4 is 9.46 Å². The third kappa shape index (κ3) is 3.95. The second-order valence-electron chi connectivity index (χ2n) is 5.18. The van der Waals surface area contributed by atoms with Crippen LogP contribution >= 0.6 is 0 Å². The molecule has 21 heavy (non-hydrogen) atoms. The molecule has 1 fully saturated rings. The Kier molecular flexibility index (Phi) is 4.84. The van der Waals surface area contributed by atoms with Crippen molar-refractivity contribution in [1.29, 1.82) is 0 Å². The highest BCUT2D eigenvalue weighted by Crippen LogP contribution is 2.26. The number of hydrogen-bond donors (Lipinski definition) is 2. The topological polar surface area (TPSA) is 92.7 Å². The third-order valence-electron chi connectivity index (χ3n) is 3.77. The molecule has 0 spiro atoms. The zero-order valence-electron chi connectivity index (χ0n) is 11.8. The highest BCUT2D eigenvalue weighted by molar-refractivity contribution is 7.89. The molecule has 1 aliphatic carbocycles. The molecule has 0 aromatic heterocycles. The molecule has 6 nitrogen and oxygen atoms in total. The highest BCUT2D eigenvalue weighted by Gasteiger charge is 2.28. The van der Waals surface area contributed by atoms with Gasteiger partial charge in [-0.05, 0) is 49.9 Å². The van der Waals surface area contributed by atoms with E-state index in [1.165, 1.54) is 19.2 Å².